The van der Waals surface area contributed by atoms with Gasteiger partial charge < -0.3 is 10.1 Å². The molecule has 23 heavy (non-hydrogen) atoms. The Labute approximate surface area is 137 Å². The molecule has 1 aromatic carbocycles. The summed E-state index contributed by atoms with van der Waals surface area (Å²) in [7, 11) is 0. The highest BCUT2D eigenvalue weighted by Crippen LogP contribution is 2.26. The van der Waals surface area contributed by atoms with Crippen LogP contribution in [0, 0.1) is 10.1 Å². The molecular weight excluding hydrogens is 316 g/mol. The summed E-state index contributed by atoms with van der Waals surface area (Å²) in [5.74, 6) is 0.288. The van der Waals surface area contributed by atoms with Crippen molar-refractivity contribution < 1.29 is 14.5 Å². The van der Waals surface area contributed by atoms with Gasteiger partial charge in [0.25, 0.3) is 0 Å². The summed E-state index contributed by atoms with van der Waals surface area (Å²) in [4.78, 5) is 22.8. The van der Waals surface area contributed by atoms with Crippen molar-refractivity contribution in [2.75, 3.05) is 11.9 Å². The van der Waals surface area contributed by atoms with E-state index in [1.807, 2.05) is 13.0 Å². The Hall–Kier alpha value is -2.67. The van der Waals surface area contributed by atoms with Crippen LogP contribution in [0.25, 0.3) is 6.08 Å². The fourth-order valence-corrected chi connectivity index (χ4v) is 2.49. The van der Waals surface area contributed by atoms with Crippen LogP contribution in [0.15, 0.2) is 42.5 Å². The van der Waals surface area contributed by atoms with E-state index in [1.165, 1.54) is 12.1 Å². The molecule has 120 valence electrons. The fraction of sp³-hybridized carbons (Fsp3) is 0.188. The van der Waals surface area contributed by atoms with E-state index in [9.17, 15) is 14.9 Å². The van der Waals surface area contributed by atoms with E-state index in [4.69, 9.17) is 4.74 Å². The zero-order valence-electron chi connectivity index (χ0n) is 12.5. The molecule has 0 aliphatic rings. The van der Waals surface area contributed by atoms with Crippen molar-refractivity contribution in [3.05, 3.63) is 57.5 Å². The number of nitrogens with zero attached hydrogens (tertiary/aromatic N) is 1. The lowest BCUT2D eigenvalue weighted by atomic mass is 10.3. The van der Waals surface area contributed by atoms with E-state index in [0.29, 0.717) is 22.9 Å². The maximum Gasteiger partial charge on any atom is 0.324 e. The standard InChI is InChI=1S/C16H16N2O4S/c1-2-11-22-14-6-4-3-5-13(14)17-15(19)9-7-12-8-10-16(23-12)18(20)21/h3-10H,2,11H2,1H3,(H,17,19)/b9-7+. The Morgan fingerprint density at radius 1 is 1.35 bits per heavy atom. The van der Waals surface area contributed by atoms with E-state index in [-0.39, 0.29) is 10.9 Å². The van der Waals surface area contributed by atoms with Crippen LogP contribution in [0.2, 0.25) is 0 Å². The van der Waals surface area contributed by atoms with E-state index < -0.39 is 4.92 Å². The molecule has 0 radical (unpaired) electrons. The molecule has 0 saturated carbocycles. The minimum atomic E-state index is -0.455. The second-order valence-electron chi connectivity index (χ2n) is 4.60. The third-order valence-corrected chi connectivity index (χ3v) is 3.80. The second kappa shape index (κ2) is 8.09. The number of carbonyl (C=O) groups excluding carboxylic acids is 1. The van der Waals surface area contributed by atoms with Crippen LogP contribution >= 0.6 is 11.3 Å². The number of hydrogen-bond donors (Lipinski definition) is 1. The molecule has 0 atom stereocenters. The number of benzene rings is 1. The van der Waals surface area contributed by atoms with Gasteiger partial charge in [-0.25, -0.2) is 0 Å². The average Bonchev–Trinajstić information content (AvgIpc) is 3.01. The number of ether oxygens (including phenoxy) is 1. The van der Waals surface area contributed by atoms with Crippen LogP contribution in [0.5, 0.6) is 5.75 Å². The number of nitrogens with one attached hydrogen (secondary N) is 1. The van der Waals surface area contributed by atoms with Gasteiger partial charge >= 0.3 is 5.00 Å². The number of carbonyl (C=O) groups is 1. The number of nitro groups is 1. The first-order valence-corrected chi connectivity index (χ1v) is 7.87. The summed E-state index contributed by atoms with van der Waals surface area (Å²) >= 11 is 1.01. The van der Waals surface area contributed by atoms with Gasteiger partial charge in [-0.15, -0.1) is 0 Å². The highest BCUT2D eigenvalue weighted by Gasteiger charge is 2.08. The molecule has 1 heterocycles. The van der Waals surface area contributed by atoms with Gasteiger partial charge in [0, 0.05) is 17.0 Å². The predicted octanol–water partition coefficient (Wildman–Crippen LogP) is 4.10. The maximum absolute atomic E-state index is 12.0. The summed E-state index contributed by atoms with van der Waals surface area (Å²) in [6.07, 6.45) is 3.76. The monoisotopic (exact) mass is 332 g/mol. The van der Waals surface area contributed by atoms with Crippen LogP contribution in [0.1, 0.15) is 18.2 Å². The third kappa shape index (κ3) is 4.93. The van der Waals surface area contributed by atoms with Crippen molar-refractivity contribution in [3.8, 4) is 5.75 Å². The van der Waals surface area contributed by atoms with Crippen molar-refractivity contribution in [1.29, 1.82) is 0 Å². The second-order valence-corrected chi connectivity index (χ2v) is 5.69. The molecule has 2 rings (SSSR count). The van der Waals surface area contributed by atoms with Crippen LogP contribution in [-0.4, -0.2) is 17.4 Å². The molecule has 1 N–H and O–H groups in total. The number of para-hydroxylation sites is 2. The van der Waals surface area contributed by atoms with Crippen LogP contribution in [0.3, 0.4) is 0 Å². The molecule has 0 spiro atoms. The lowest BCUT2D eigenvalue weighted by Crippen LogP contribution is -2.09. The molecule has 0 saturated heterocycles. The topological polar surface area (TPSA) is 81.5 Å². The minimum Gasteiger partial charge on any atom is -0.491 e. The quantitative estimate of drug-likeness (QED) is 0.470. The summed E-state index contributed by atoms with van der Waals surface area (Å²) < 4.78 is 5.57. The first-order valence-electron chi connectivity index (χ1n) is 7.05. The van der Waals surface area contributed by atoms with Gasteiger partial charge in [0.05, 0.1) is 17.2 Å². The SMILES string of the molecule is CCCOc1ccccc1NC(=O)/C=C/c1ccc([N+](=O)[O-])s1. The fourth-order valence-electron chi connectivity index (χ4n) is 1.77. The minimum absolute atomic E-state index is 0.0448. The van der Waals surface area contributed by atoms with E-state index in [2.05, 4.69) is 5.32 Å². The normalized spacial score (nSPS) is 10.7. The Morgan fingerprint density at radius 2 is 2.13 bits per heavy atom. The lowest BCUT2D eigenvalue weighted by Gasteiger charge is -2.10. The van der Waals surface area contributed by atoms with Crippen LogP contribution in [-0.2, 0) is 4.79 Å². The van der Waals surface area contributed by atoms with Gasteiger partial charge in [0.2, 0.25) is 5.91 Å². The molecule has 1 amide bonds. The molecular formula is C16H16N2O4S. The van der Waals surface area contributed by atoms with Crippen molar-refractivity contribution in [1.82, 2.24) is 0 Å². The van der Waals surface area contributed by atoms with Crippen molar-refractivity contribution in [2.24, 2.45) is 0 Å². The molecule has 6 nitrogen and oxygen atoms in total. The van der Waals surface area contributed by atoms with E-state index >= 15 is 0 Å². The molecule has 0 unspecified atom stereocenters. The zero-order valence-corrected chi connectivity index (χ0v) is 13.3. The molecule has 0 bridgehead atoms. The maximum atomic E-state index is 12.0. The van der Waals surface area contributed by atoms with Gasteiger partial charge in [-0.3, -0.25) is 14.9 Å². The first-order chi connectivity index (χ1) is 11.1. The molecule has 2 aromatic rings. The largest absolute Gasteiger partial charge is 0.491 e. The summed E-state index contributed by atoms with van der Waals surface area (Å²) in [5.41, 5.74) is 0.591. The summed E-state index contributed by atoms with van der Waals surface area (Å²) in [6, 6.07) is 10.2. The zero-order chi connectivity index (χ0) is 16.7. The number of thiophene rings is 1. The predicted molar refractivity (Wildman–Crippen MR) is 90.9 cm³/mol. The van der Waals surface area contributed by atoms with Crippen molar-refractivity contribution in [3.63, 3.8) is 0 Å². The smallest absolute Gasteiger partial charge is 0.324 e. The lowest BCUT2D eigenvalue weighted by molar-refractivity contribution is -0.380. The van der Waals surface area contributed by atoms with Crippen LogP contribution in [0.4, 0.5) is 10.7 Å². The summed E-state index contributed by atoms with van der Waals surface area (Å²) in [5, 5.41) is 13.4. The Balaban J connectivity index is 2.01. The summed E-state index contributed by atoms with van der Waals surface area (Å²) in [6.45, 7) is 2.58. The van der Waals surface area contributed by atoms with Gasteiger partial charge in [0.1, 0.15) is 5.75 Å². The number of anilines is 1. The molecule has 0 fully saturated rings. The van der Waals surface area contributed by atoms with E-state index in [0.717, 1.165) is 17.8 Å². The number of rotatable bonds is 7. The highest BCUT2D eigenvalue weighted by molar-refractivity contribution is 7.16. The van der Waals surface area contributed by atoms with E-state index in [1.54, 1.807) is 30.3 Å². The van der Waals surface area contributed by atoms with Crippen LogP contribution < -0.4 is 10.1 Å². The van der Waals surface area contributed by atoms with Gasteiger partial charge in [-0.05, 0) is 30.7 Å². The Kier molecular flexibility index (Phi) is 5.87. The Morgan fingerprint density at radius 3 is 2.83 bits per heavy atom. The Bertz CT molecular complexity index is 724. The number of hydrogen-bond acceptors (Lipinski definition) is 5. The first kappa shape index (κ1) is 16.7. The van der Waals surface area contributed by atoms with Gasteiger partial charge in [-0.2, -0.15) is 0 Å². The van der Waals surface area contributed by atoms with Gasteiger partial charge in [-0.1, -0.05) is 30.4 Å². The molecule has 7 heteroatoms. The average molecular weight is 332 g/mol. The molecule has 0 aliphatic carbocycles. The molecule has 0 aliphatic heterocycles. The van der Waals surface area contributed by atoms with Crippen molar-refractivity contribution in [2.45, 2.75) is 13.3 Å². The molecule has 1 aromatic heterocycles. The number of amides is 1. The third-order valence-electron chi connectivity index (χ3n) is 2.80. The van der Waals surface area contributed by atoms with Gasteiger partial charge in [0.15, 0.2) is 0 Å². The van der Waals surface area contributed by atoms with Crippen molar-refractivity contribution >= 4 is 34.0 Å². The highest BCUT2D eigenvalue weighted by atomic mass is 32.1.